The van der Waals surface area contributed by atoms with Crippen LogP contribution in [0, 0.1) is 11.6 Å². The minimum atomic E-state index is -1.02. The molecule has 0 spiro atoms. The Morgan fingerprint density at radius 3 is 2.73 bits per heavy atom. The molecule has 0 unspecified atom stereocenters. The van der Waals surface area contributed by atoms with Crippen LogP contribution < -0.4 is 10.2 Å². The van der Waals surface area contributed by atoms with Crippen molar-refractivity contribution in [1.82, 2.24) is 10.2 Å². The highest BCUT2D eigenvalue weighted by Gasteiger charge is 2.31. The minimum Gasteiger partial charge on any atom is -0.396 e. The summed E-state index contributed by atoms with van der Waals surface area (Å²) < 4.78 is 26.1. The number of nitrogens with one attached hydrogen (secondary N) is 1. The van der Waals surface area contributed by atoms with E-state index in [9.17, 15) is 18.4 Å². The molecule has 0 aromatic heterocycles. The van der Waals surface area contributed by atoms with Crippen LogP contribution in [0.2, 0.25) is 0 Å². The predicted octanol–water partition coefficient (Wildman–Crippen LogP) is 0.705. The second-order valence-corrected chi connectivity index (χ2v) is 4.88. The SMILES string of the molecule is O=C(CN1CCN(c2ccc(F)c(F)c2)C1=O)NCCCO. The normalized spacial score (nSPS) is 14.6. The summed E-state index contributed by atoms with van der Waals surface area (Å²) in [5.41, 5.74) is 0.257. The number of carbonyl (C=O) groups excluding carboxylic acids is 2. The largest absolute Gasteiger partial charge is 0.396 e. The second-order valence-electron chi connectivity index (χ2n) is 4.88. The maximum Gasteiger partial charge on any atom is 0.325 e. The third-order valence-corrected chi connectivity index (χ3v) is 3.30. The maximum atomic E-state index is 13.2. The number of anilines is 1. The van der Waals surface area contributed by atoms with Crippen LogP contribution >= 0.6 is 0 Å². The van der Waals surface area contributed by atoms with E-state index < -0.39 is 17.7 Å². The van der Waals surface area contributed by atoms with Crippen LogP contribution in [0.3, 0.4) is 0 Å². The zero-order chi connectivity index (χ0) is 16.1. The average molecular weight is 313 g/mol. The first kappa shape index (κ1) is 16.2. The number of hydrogen-bond acceptors (Lipinski definition) is 3. The second kappa shape index (κ2) is 7.17. The lowest BCUT2D eigenvalue weighted by atomic mass is 10.3. The van der Waals surface area contributed by atoms with Crippen molar-refractivity contribution < 1.29 is 23.5 Å². The fourth-order valence-electron chi connectivity index (χ4n) is 2.16. The molecular formula is C14H17F2N3O3. The van der Waals surface area contributed by atoms with E-state index in [1.54, 1.807) is 0 Å². The first-order chi connectivity index (χ1) is 10.5. The van der Waals surface area contributed by atoms with Crippen LogP contribution in [-0.4, -0.2) is 54.7 Å². The van der Waals surface area contributed by atoms with Crippen LogP contribution in [0.5, 0.6) is 0 Å². The lowest BCUT2D eigenvalue weighted by Crippen LogP contribution is -2.40. The van der Waals surface area contributed by atoms with E-state index in [1.165, 1.54) is 15.9 Å². The number of carbonyl (C=O) groups is 2. The Kier molecular flexibility index (Phi) is 5.26. The molecule has 1 fully saturated rings. The topological polar surface area (TPSA) is 72.9 Å². The van der Waals surface area contributed by atoms with Gasteiger partial charge in [0, 0.05) is 38.0 Å². The van der Waals surface area contributed by atoms with Gasteiger partial charge in [0.05, 0.1) is 0 Å². The molecule has 0 aliphatic carbocycles. The Bertz CT molecular complexity index is 568. The molecule has 1 aliphatic heterocycles. The van der Waals surface area contributed by atoms with Crippen molar-refractivity contribution in [3.05, 3.63) is 29.8 Å². The zero-order valence-electron chi connectivity index (χ0n) is 11.9. The standard InChI is InChI=1S/C14H17F2N3O3/c15-11-3-2-10(8-12(11)16)19-6-5-18(14(19)22)9-13(21)17-4-1-7-20/h2-3,8,20H,1,4-7,9H2,(H,17,21). The molecule has 0 bridgehead atoms. The number of rotatable bonds is 6. The van der Waals surface area contributed by atoms with Gasteiger partial charge in [-0.25, -0.2) is 13.6 Å². The molecule has 8 heteroatoms. The van der Waals surface area contributed by atoms with Gasteiger partial charge in [0.15, 0.2) is 11.6 Å². The third-order valence-electron chi connectivity index (χ3n) is 3.30. The summed E-state index contributed by atoms with van der Waals surface area (Å²) in [5, 5.41) is 11.2. The van der Waals surface area contributed by atoms with E-state index in [0.29, 0.717) is 26.1 Å². The van der Waals surface area contributed by atoms with E-state index in [0.717, 1.165) is 12.1 Å². The van der Waals surface area contributed by atoms with E-state index in [4.69, 9.17) is 5.11 Å². The van der Waals surface area contributed by atoms with Crippen LogP contribution in [-0.2, 0) is 4.79 Å². The summed E-state index contributed by atoms with van der Waals surface area (Å²) in [6.07, 6.45) is 0.445. The Morgan fingerprint density at radius 1 is 1.27 bits per heavy atom. The first-order valence-electron chi connectivity index (χ1n) is 6.92. The summed E-state index contributed by atoms with van der Waals surface area (Å²) in [5.74, 6) is -2.32. The third kappa shape index (κ3) is 3.70. The Balaban J connectivity index is 1.94. The highest BCUT2D eigenvalue weighted by Crippen LogP contribution is 2.22. The molecule has 1 aromatic carbocycles. The number of amides is 3. The van der Waals surface area contributed by atoms with Gasteiger partial charge < -0.3 is 15.3 Å². The number of benzene rings is 1. The number of halogens is 2. The van der Waals surface area contributed by atoms with Gasteiger partial charge in [0.2, 0.25) is 5.91 Å². The Morgan fingerprint density at radius 2 is 2.05 bits per heavy atom. The molecular weight excluding hydrogens is 296 g/mol. The molecule has 22 heavy (non-hydrogen) atoms. The van der Waals surface area contributed by atoms with Crippen LogP contribution in [0.4, 0.5) is 19.3 Å². The number of hydrogen-bond donors (Lipinski definition) is 2. The van der Waals surface area contributed by atoms with Gasteiger partial charge in [-0.1, -0.05) is 0 Å². The highest BCUT2D eigenvalue weighted by molar-refractivity contribution is 5.96. The van der Waals surface area contributed by atoms with E-state index >= 15 is 0 Å². The van der Waals surface area contributed by atoms with Crippen molar-refractivity contribution in [2.24, 2.45) is 0 Å². The van der Waals surface area contributed by atoms with Gasteiger partial charge in [-0.3, -0.25) is 9.69 Å². The molecule has 1 saturated heterocycles. The van der Waals surface area contributed by atoms with Gasteiger partial charge in [-0.2, -0.15) is 0 Å². The van der Waals surface area contributed by atoms with Crippen molar-refractivity contribution in [1.29, 1.82) is 0 Å². The van der Waals surface area contributed by atoms with Crippen LogP contribution in [0.25, 0.3) is 0 Å². The molecule has 6 nitrogen and oxygen atoms in total. The van der Waals surface area contributed by atoms with Crippen molar-refractivity contribution in [3.63, 3.8) is 0 Å². The minimum absolute atomic E-state index is 0.0210. The fraction of sp³-hybridized carbons (Fsp3) is 0.429. The van der Waals surface area contributed by atoms with E-state index in [1.807, 2.05) is 0 Å². The average Bonchev–Trinajstić information content (AvgIpc) is 2.84. The lowest BCUT2D eigenvalue weighted by Gasteiger charge is -2.18. The molecule has 1 aromatic rings. The van der Waals surface area contributed by atoms with Gasteiger partial charge in [0.25, 0.3) is 0 Å². The van der Waals surface area contributed by atoms with Crippen LogP contribution in [0.1, 0.15) is 6.42 Å². The van der Waals surface area contributed by atoms with Crippen LogP contribution in [0.15, 0.2) is 18.2 Å². The van der Waals surface area contributed by atoms with Gasteiger partial charge in [-0.05, 0) is 18.6 Å². The molecule has 3 amide bonds. The summed E-state index contributed by atoms with van der Waals surface area (Å²) in [6.45, 7) is 0.834. The molecule has 2 N–H and O–H groups in total. The zero-order valence-corrected chi connectivity index (χ0v) is 11.9. The fourth-order valence-corrected chi connectivity index (χ4v) is 2.16. The summed E-state index contributed by atoms with van der Waals surface area (Å²) >= 11 is 0. The Hall–Kier alpha value is -2.22. The number of nitrogens with zero attached hydrogens (tertiary/aromatic N) is 2. The summed E-state index contributed by atoms with van der Waals surface area (Å²) in [4.78, 5) is 26.5. The molecule has 1 heterocycles. The Labute approximate surface area is 126 Å². The number of urea groups is 1. The maximum absolute atomic E-state index is 13.2. The smallest absolute Gasteiger partial charge is 0.325 e. The molecule has 0 radical (unpaired) electrons. The number of aliphatic hydroxyl groups is 1. The lowest BCUT2D eigenvalue weighted by molar-refractivity contribution is -0.121. The highest BCUT2D eigenvalue weighted by atomic mass is 19.2. The first-order valence-corrected chi connectivity index (χ1v) is 6.92. The molecule has 2 rings (SSSR count). The van der Waals surface area contributed by atoms with Crippen molar-refractivity contribution in [3.8, 4) is 0 Å². The molecule has 0 saturated carbocycles. The van der Waals surface area contributed by atoms with Crippen molar-refractivity contribution in [2.45, 2.75) is 6.42 Å². The van der Waals surface area contributed by atoms with E-state index in [2.05, 4.69) is 5.32 Å². The monoisotopic (exact) mass is 313 g/mol. The molecule has 0 atom stereocenters. The van der Waals surface area contributed by atoms with Gasteiger partial charge >= 0.3 is 6.03 Å². The number of aliphatic hydroxyl groups excluding tert-OH is 1. The van der Waals surface area contributed by atoms with Gasteiger partial charge in [0.1, 0.15) is 6.54 Å². The molecule has 120 valence electrons. The molecule has 1 aliphatic rings. The summed E-state index contributed by atoms with van der Waals surface area (Å²) in [7, 11) is 0. The van der Waals surface area contributed by atoms with Crippen molar-refractivity contribution >= 4 is 17.6 Å². The van der Waals surface area contributed by atoms with Crippen molar-refractivity contribution in [2.75, 3.05) is 37.7 Å². The predicted molar refractivity (Wildman–Crippen MR) is 75.4 cm³/mol. The summed E-state index contributed by atoms with van der Waals surface area (Å²) in [6, 6.07) is 2.81. The quantitative estimate of drug-likeness (QED) is 0.760. The van der Waals surface area contributed by atoms with E-state index in [-0.39, 0.29) is 24.7 Å². The van der Waals surface area contributed by atoms with Gasteiger partial charge in [-0.15, -0.1) is 0 Å².